The van der Waals surface area contributed by atoms with E-state index in [2.05, 4.69) is 10.3 Å². The van der Waals surface area contributed by atoms with Crippen LogP contribution < -0.4 is 11.1 Å². The molecule has 1 aromatic heterocycles. The summed E-state index contributed by atoms with van der Waals surface area (Å²) in [6, 6.07) is 1.74. The van der Waals surface area contributed by atoms with Crippen molar-refractivity contribution in [2.75, 3.05) is 12.3 Å². The number of hydrogen-bond donors (Lipinski definition) is 2. The number of pyridine rings is 1. The zero-order chi connectivity index (χ0) is 12.1. The molecule has 3 N–H and O–H groups in total. The fourth-order valence-corrected chi connectivity index (χ4v) is 2.20. The Morgan fingerprint density at radius 3 is 3.18 bits per heavy atom. The molecule has 1 aromatic rings. The summed E-state index contributed by atoms with van der Waals surface area (Å²) in [5.41, 5.74) is 7.31. The average molecular weight is 233 g/mol. The summed E-state index contributed by atoms with van der Waals surface area (Å²) in [7, 11) is 0. The Kier molecular flexibility index (Phi) is 4.09. The fraction of sp³-hybridized carbons (Fsp3) is 0.538. The third-order valence-electron chi connectivity index (χ3n) is 3.25. The van der Waals surface area contributed by atoms with Gasteiger partial charge in [0.1, 0.15) is 0 Å². The van der Waals surface area contributed by atoms with E-state index >= 15 is 0 Å². The Morgan fingerprint density at radius 2 is 2.35 bits per heavy atom. The highest BCUT2D eigenvalue weighted by molar-refractivity contribution is 5.87. The van der Waals surface area contributed by atoms with E-state index in [1.807, 2.05) is 0 Å². The van der Waals surface area contributed by atoms with Crippen molar-refractivity contribution in [2.24, 2.45) is 0 Å². The number of carbonyl (C=O) groups is 1. The number of ketones is 1. The predicted molar refractivity (Wildman–Crippen MR) is 67.6 cm³/mol. The van der Waals surface area contributed by atoms with Crippen LogP contribution in [0, 0.1) is 0 Å². The molecule has 0 aliphatic carbocycles. The summed E-state index contributed by atoms with van der Waals surface area (Å²) in [6.07, 6.45) is 8.17. The number of carbonyl (C=O) groups excluding carboxylic acids is 1. The molecule has 1 aliphatic heterocycles. The highest BCUT2D eigenvalue weighted by atomic mass is 16.1. The minimum absolute atomic E-state index is 0.00268. The molecule has 1 saturated heterocycles. The number of hydrogen-bond acceptors (Lipinski definition) is 4. The van der Waals surface area contributed by atoms with Crippen molar-refractivity contribution in [1.82, 2.24) is 10.3 Å². The van der Waals surface area contributed by atoms with Crippen molar-refractivity contribution in [2.45, 2.75) is 38.1 Å². The van der Waals surface area contributed by atoms with Gasteiger partial charge in [-0.3, -0.25) is 9.78 Å². The molecular formula is C13H19N3O. The Morgan fingerprint density at radius 1 is 1.47 bits per heavy atom. The Labute approximate surface area is 102 Å². The molecule has 0 amide bonds. The number of nitrogens with two attached hydrogens (primary N) is 1. The number of anilines is 1. The predicted octanol–water partition coefficient (Wildman–Crippen LogP) is 1.31. The van der Waals surface area contributed by atoms with Gasteiger partial charge in [-0.05, 0) is 25.5 Å². The lowest BCUT2D eigenvalue weighted by Gasteiger charge is -2.14. The number of nitrogens with one attached hydrogen (secondary N) is 1. The maximum Gasteiger partial charge on any atom is 0.154 e. The lowest BCUT2D eigenvalue weighted by atomic mass is 10.0. The minimum Gasteiger partial charge on any atom is -0.398 e. The largest absolute Gasteiger partial charge is 0.398 e. The first-order valence-electron chi connectivity index (χ1n) is 6.22. The summed E-state index contributed by atoms with van der Waals surface area (Å²) in [5.74, 6) is 0.228. The molecule has 17 heavy (non-hydrogen) atoms. The Balaban J connectivity index is 1.98. The van der Waals surface area contributed by atoms with Gasteiger partial charge in [-0.15, -0.1) is 0 Å². The van der Waals surface area contributed by atoms with Crippen LogP contribution >= 0.6 is 0 Å². The fourth-order valence-electron chi connectivity index (χ4n) is 2.20. The van der Waals surface area contributed by atoms with Gasteiger partial charge in [-0.2, -0.15) is 0 Å². The smallest absolute Gasteiger partial charge is 0.154 e. The van der Waals surface area contributed by atoms with Crippen LogP contribution in [0.4, 0.5) is 5.69 Å². The second kappa shape index (κ2) is 5.77. The van der Waals surface area contributed by atoms with E-state index in [-0.39, 0.29) is 11.8 Å². The molecule has 92 valence electrons. The average Bonchev–Trinajstić information content (AvgIpc) is 2.61. The van der Waals surface area contributed by atoms with Crippen LogP contribution in [0.1, 0.15) is 31.2 Å². The number of nitrogens with zero attached hydrogens (tertiary/aromatic N) is 1. The lowest BCUT2D eigenvalue weighted by Crippen LogP contribution is -2.37. The first-order valence-corrected chi connectivity index (χ1v) is 6.22. The maximum atomic E-state index is 12.1. The van der Waals surface area contributed by atoms with Crippen LogP contribution in [0.5, 0.6) is 0 Å². The van der Waals surface area contributed by atoms with Crippen molar-refractivity contribution in [3.8, 4) is 0 Å². The molecule has 1 aliphatic rings. The van der Waals surface area contributed by atoms with Gasteiger partial charge in [0.2, 0.25) is 0 Å². The summed E-state index contributed by atoms with van der Waals surface area (Å²) in [4.78, 5) is 16.1. The number of rotatable bonds is 3. The highest BCUT2D eigenvalue weighted by Gasteiger charge is 2.20. The van der Waals surface area contributed by atoms with Crippen LogP contribution in [0.2, 0.25) is 0 Å². The topological polar surface area (TPSA) is 68.0 Å². The maximum absolute atomic E-state index is 12.1. The second-order valence-corrected chi connectivity index (χ2v) is 4.57. The molecule has 1 fully saturated rings. The third kappa shape index (κ3) is 3.27. The van der Waals surface area contributed by atoms with Crippen LogP contribution in [0.3, 0.4) is 0 Å². The summed E-state index contributed by atoms with van der Waals surface area (Å²) in [5, 5.41) is 3.31. The van der Waals surface area contributed by atoms with Gasteiger partial charge in [0.05, 0.1) is 6.04 Å². The van der Waals surface area contributed by atoms with Gasteiger partial charge in [0, 0.05) is 30.1 Å². The molecule has 1 unspecified atom stereocenters. The quantitative estimate of drug-likeness (QED) is 0.826. The normalized spacial score (nSPS) is 20.8. The monoisotopic (exact) mass is 233 g/mol. The number of nitrogen functional groups attached to an aromatic ring is 1. The summed E-state index contributed by atoms with van der Waals surface area (Å²) >= 11 is 0. The molecule has 4 heteroatoms. The number of Topliss-reactive ketones (excluding diaryl/α,β-unsaturated/α-hetero) is 1. The van der Waals surface area contributed by atoms with Crippen LogP contribution in [0.25, 0.3) is 0 Å². The van der Waals surface area contributed by atoms with Gasteiger partial charge >= 0.3 is 0 Å². The standard InChI is InChI=1S/C13H19N3O/c14-11-5-7-15-9-10(11)8-13(17)12-4-2-1-3-6-16-12/h5,7,9,12,16H,1-4,6,8H2,(H2,14,15). The van der Waals surface area contributed by atoms with Gasteiger partial charge in [-0.25, -0.2) is 0 Å². The first-order chi connectivity index (χ1) is 8.27. The second-order valence-electron chi connectivity index (χ2n) is 4.57. The molecule has 2 rings (SSSR count). The first kappa shape index (κ1) is 12.0. The van der Waals surface area contributed by atoms with E-state index in [9.17, 15) is 4.79 Å². The van der Waals surface area contributed by atoms with Gasteiger partial charge < -0.3 is 11.1 Å². The van der Waals surface area contributed by atoms with Gasteiger partial charge in [0.25, 0.3) is 0 Å². The molecule has 0 saturated carbocycles. The van der Waals surface area contributed by atoms with E-state index in [0.717, 1.165) is 24.9 Å². The van der Waals surface area contributed by atoms with E-state index in [1.165, 1.54) is 12.8 Å². The molecule has 0 spiro atoms. The minimum atomic E-state index is -0.00268. The Hall–Kier alpha value is -1.42. The van der Waals surface area contributed by atoms with Crippen molar-refractivity contribution in [3.05, 3.63) is 24.0 Å². The SMILES string of the molecule is Nc1ccncc1CC(=O)C1CCCCCN1. The van der Waals surface area contributed by atoms with Crippen LogP contribution in [0.15, 0.2) is 18.5 Å². The Bertz CT molecular complexity index is 384. The van der Waals surface area contributed by atoms with E-state index in [4.69, 9.17) is 5.73 Å². The van der Waals surface area contributed by atoms with Crippen molar-refractivity contribution >= 4 is 11.5 Å². The van der Waals surface area contributed by atoms with Gasteiger partial charge in [0.15, 0.2) is 5.78 Å². The van der Waals surface area contributed by atoms with Crippen molar-refractivity contribution in [3.63, 3.8) is 0 Å². The summed E-state index contributed by atoms with van der Waals surface area (Å²) in [6.45, 7) is 0.943. The third-order valence-corrected chi connectivity index (χ3v) is 3.25. The number of aromatic nitrogens is 1. The van der Waals surface area contributed by atoms with E-state index in [1.54, 1.807) is 18.5 Å². The van der Waals surface area contributed by atoms with Crippen LogP contribution in [-0.2, 0) is 11.2 Å². The molecule has 4 nitrogen and oxygen atoms in total. The lowest BCUT2D eigenvalue weighted by molar-refractivity contribution is -0.120. The summed E-state index contributed by atoms with van der Waals surface area (Å²) < 4.78 is 0. The molecule has 0 radical (unpaired) electrons. The molecule has 0 aromatic carbocycles. The van der Waals surface area contributed by atoms with Gasteiger partial charge in [-0.1, -0.05) is 12.8 Å². The molecule has 0 bridgehead atoms. The molecule has 1 atom stereocenters. The van der Waals surface area contributed by atoms with Crippen molar-refractivity contribution < 1.29 is 4.79 Å². The van der Waals surface area contributed by atoms with E-state index < -0.39 is 0 Å². The zero-order valence-corrected chi connectivity index (χ0v) is 9.98. The van der Waals surface area contributed by atoms with E-state index in [0.29, 0.717) is 12.1 Å². The van der Waals surface area contributed by atoms with Crippen molar-refractivity contribution in [1.29, 1.82) is 0 Å². The zero-order valence-electron chi connectivity index (χ0n) is 9.98. The highest BCUT2D eigenvalue weighted by Crippen LogP contribution is 2.14. The molecule has 2 heterocycles. The van der Waals surface area contributed by atoms with Crippen LogP contribution in [-0.4, -0.2) is 23.4 Å². The molecular weight excluding hydrogens is 214 g/mol.